The summed E-state index contributed by atoms with van der Waals surface area (Å²) in [5.41, 5.74) is 5.37. The maximum Gasteiger partial charge on any atom is 0.472 e. The first kappa shape index (κ1) is 68.6. The number of esters is 2. The SMILES string of the molecule is CC/C=C\C/C=C\C/C=C\C/C=C\C/C=C\C/C=C\C/C=C\C/C=C\CCCCCCC(=O)OC(COC(=O)CCCCCCCCC/C=C\C/C=C\C/C=C\C/C=C\C/C=C\CC)COP(=O)(O)OCCN. The molecule has 9 nitrogen and oxygen atoms in total. The first-order valence-electron chi connectivity index (χ1n) is 28.0. The Balaban J connectivity index is 4.16. The number of hydrogen-bond acceptors (Lipinski definition) is 8. The van der Waals surface area contributed by atoms with Gasteiger partial charge in [0.25, 0.3) is 0 Å². The Hall–Kier alpha value is -4.37. The molecule has 0 amide bonds. The van der Waals surface area contributed by atoms with Gasteiger partial charge in [0.05, 0.1) is 13.2 Å². The zero-order chi connectivity index (χ0) is 53.1. The van der Waals surface area contributed by atoms with Gasteiger partial charge < -0.3 is 20.1 Å². The van der Waals surface area contributed by atoms with Gasteiger partial charge in [-0.3, -0.25) is 18.6 Å². The molecule has 0 bridgehead atoms. The average molecular weight is 1030 g/mol. The van der Waals surface area contributed by atoms with Crippen molar-refractivity contribution in [1.29, 1.82) is 0 Å². The Morgan fingerprint density at radius 3 is 1.05 bits per heavy atom. The lowest BCUT2D eigenvalue weighted by atomic mass is 10.1. The number of carbonyl (C=O) groups excluding carboxylic acids is 2. The highest BCUT2D eigenvalue weighted by Crippen LogP contribution is 2.43. The van der Waals surface area contributed by atoms with Gasteiger partial charge in [-0.2, -0.15) is 0 Å². The highest BCUT2D eigenvalue weighted by atomic mass is 31.2. The fraction of sp³-hybridized carbons (Fsp3) is 0.556. The summed E-state index contributed by atoms with van der Waals surface area (Å²) in [4.78, 5) is 35.2. The van der Waals surface area contributed by atoms with E-state index in [1.165, 1.54) is 19.3 Å². The van der Waals surface area contributed by atoms with E-state index < -0.39 is 32.5 Å². The number of carbonyl (C=O) groups is 2. The topological polar surface area (TPSA) is 134 Å². The standard InChI is InChI=1S/C63H100NO8P/c1-3-5-7-9-11-13-15-17-19-21-23-25-27-28-29-30-31-32-34-36-38-40-42-44-46-48-50-52-54-56-63(66)72-61(60-71-73(67,68)70-58-57-64)59-69-62(65)55-53-51-49-47-45-43-41-39-37-35-33-26-24-22-20-18-16-14-12-10-8-6-4-2/h5-8,11-14,17-20,23-26,28-29,31-32,35-38,42,44,61H,3-4,9-10,15-16,21-22,27,30,33-34,39-41,43,45-60,64H2,1-2H3,(H,67,68)/b7-5-,8-6-,13-11-,14-12-,19-17-,20-18-,25-23-,26-24-,29-28-,32-31-,37-35-,38-36-,44-42-. The van der Waals surface area contributed by atoms with Crippen LogP contribution in [-0.2, 0) is 32.7 Å². The van der Waals surface area contributed by atoms with E-state index in [0.29, 0.717) is 12.8 Å². The molecule has 73 heavy (non-hydrogen) atoms. The molecule has 3 N–H and O–H groups in total. The highest BCUT2D eigenvalue weighted by Gasteiger charge is 2.26. The van der Waals surface area contributed by atoms with Gasteiger partial charge in [0.2, 0.25) is 0 Å². The van der Waals surface area contributed by atoms with Crippen LogP contribution in [0.5, 0.6) is 0 Å². The molecular weight excluding hydrogens is 930 g/mol. The second-order valence-electron chi connectivity index (χ2n) is 17.7. The molecule has 410 valence electrons. The lowest BCUT2D eigenvalue weighted by molar-refractivity contribution is -0.161. The number of phosphoric acid groups is 1. The number of unbranched alkanes of at least 4 members (excludes halogenated alkanes) is 11. The average Bonchev–Trinajstić information content (AvgIpc) is 3.38. The first-order valence-corrected chi connectivity index (χ1v) is 29.5. The van der Waals surface area contributed by atoms with Crippen LogP contribution >= 0.6 is 7.82 Å². The summed E-state index contributed by atoms with van der Waals surface area (Å²) < 4.78 is 33.0. The van der Waals surface area contributed by atoms with Gasteiger partial charge >= 0.3 is 19.8 Å². The van der Waals surface area contributed by atoms with E-state index in [4.69, 9.17) is 24.3 Å². The van der Waals surface area contributed by atoms with E-state index in [0.717, 1.165) is 135 Å². The van der Waals surface area contributed by atoms with Gasteiger partial charge in [-0.05, 0) is 122 Å². The number of nitrogens with two attached hydrogens (primary N) is 1. The van der Waals surface area contributed by atoms with Crippen molar-refractivity contribution < 1.29 is 37.6 Å². The van der Waals surface area contributed by atoms with Gasteiger partial charge in [-0.15, -0.1) is 0 Å². The number of ether oxygens (including phenoxy) is 2. The summed E-state index contributed by atoms with van der Waals surface area (Å²) in [5.74, 6) is -0.885. The van der Waals surface area contributed by atoms with Crippen LogP contribution in [0.1, 0.15) is 194 Å². The van der Waals surface area contributed by atoms with E-state index in [-0.39, 0.29) is 32.6 Å². The molecule has 0 aromatic heterocycles. The zero-order valence-corrected chi connectivity index (χ0v) is 46.4. The molecule has 0 aliphatic rings. The Morgan fingerprint density at radius 2 is 0.712 bits per heavy atom. The molecule has 10 heteroatoms. The van der Waals surface area contributed by atoms with Crippen LogP contribution in [0.25, 0.3) is 0 Å². The third-order valence-electron chi connectivity index (χ3n) is 10.9. The predicted octanol–water partition coefficient (Wildman–Crippen LogP) is 17.7. The van der Waals surface area contributed by atoms with Crippen LogP contribution in [0.4, 0.5) is 0 Å². The van der Waals surface area contributed by atoms with Crippen molar-refractivity contribution in [1.82, 2.24) is 0 Å². The summed E-state index contributed by atoms with van der Waals surface area (Å²) >= 11 is 0. The van der Waals surface area contributed by atoms with Crippen LogP contribution in [-0.4, -0.2) is 49.3 Å². The van der Waals surface area contributed by atoms with Crippen molar-refractivity contribution in [3.63, 3.8) is 0 Å². The fourth-order valence-electron chi connectivity index (χ4n) is 6.85. The minimum Gasteiger partial charge on any atom is -0.462 e. The zero-order valence-electron chi connectivity index (χ0n) is 45.5. The van der Waals surface area contributed by atoms with Gasteiger partial charge in [-0.1, -0.05) is 217 Å². The van der Waals surface area contributed by atoms with Crippen molar-refractivity contribution >= 4 is 19.8 Å². The van der Waals surface area contributed by atoms with Crippen LogP contribution < -0.4 is 5.73 Å². The van der Waals surface area contributed by atoms with E-state index in [9.17, 15) is 19.0 Å². The number of hydrogen-bond donors (Lipinski definition) is 2. The van der Waals surface area contributed by atoms with Crippen molar-refractivity contribution in [2.75, 3.05) is 26.4 Å². The summed E-state index contributed by atoms with van der Waals surface area (Å²) in [6, 6.07) is 0. The summed E-state index contributed by atoms with van der Waals surface area (Å²) in [7, 11) is -4.41. The smallest absolute Gasteiger partial charge is 0.462 e. The van der Waals surface area contributed by atoms with Crippen molar-refractivity contribution in [3.05, 3.63) is 158 Å². The quantitative estimate of drug-likeness (QED) is 0.0264. The fourth-order valence-corrected chi connectivity index (χ4v) is 7.62. The largest absolute Gasteiger partial charge is 0.472 e. The van der Waals surface area contributed by atoms with E-state index in [1.54, 1.807) is 0 Å². The molecule has 0 rings (SSSR count). The third kappa shape index (κ3) is 56.8. The molecule has 0 heterocycles. The molecule has 0 aliphatic carbocycles. The molecule has 0 aromatic rings. The molecule has 0 saturated heterocycles. The van der Waals surface area contributed by atoms with Crippen LogP contribution in [0.2, 0.25) is 0 Å². The van der Waals surface area contributed by atoms with Crippen molar-refractivity contribution in [3.8, 4) is 0 Å². The second kappa shape index (κ2) is 56.9. The Kier molecular flexibility index (Phi) is 53.5. The van der Waals surface area contributed by atoms with E-state index >= 15 is 0 Å². The summed E-state index contributed by atoms with van der Waals surface area (Å²) in [6.45, 7) is 3.44. The summed E-state index contributed by atoms with van der Waals surface area (Å²) in [6.07, 6.45) is 82.8. The monoisotopic (exact) mass is 1030 g/mol. The molecule has 0 fully saturated rings. The molecule has 0 saturated carbocycles. The van der Waals surface area contributed by atoms with Crippen molar-refractivity contribution in [2.24, 2.45) is 5.73 Å². The molecular formula is C63H100NO8P. The maximum atomic E-state index is 12.7. The van der Waals surface area contributed by atoms with E-state index in [2.05, 4.69) is 172 Å². The Labute approximate surface area is 445 Å². The van der Waals surface area contributed by atoms with Gasteiger partial charge in [0, 0.05) is 19.4 Å². The van der Waals surface area contributed by atoms with Gasteiger partial charge in [0.1, 0.15) is 6.61 Å². The van der Waals surface area contributed by atoms with E-state index in [1.807, 2.05) is 0 Å². The van der Waals surface area contributed by atoms with Gasteiger partial charge in [-0.25, -0.2) is 4.57 Å². The van der Waals surface area contributed by atoms with Crippen molar-refractivity contribution in [2.45, 2.75) is 200 Å². The molecule has 0 aliphatic heterocycles. The Bertz CT molecular complexity index is 1740. The molecule has 0 radical (unpaired) electrons. The van der Waals surface area contributed by atoms with Crippen LogP contribution in [0, 0.1) is 0 Å². The number of phosphoric ester groups is 1. The van der Waals surface area contributed by atoms with Gasteiger partial charge in [0.15, 0.2) is 6.10 Å². The highest BCUT2D eigenvalue weighted by molar-refractivity contribution is 7.47. The first-order chi connectivity index (χ1) is 35.8. The minimum atomic E-state index is -4.41. The number of allylic oxidation sites excluding steroid dienone is 26. The second-order valence-corrected chi connectivity index (χ2v) is 19.1. The third-order valence-corrected chi connectivity index (χ3v) is 11.9. The minimum absolute atomic E-state index is 0.0374. The Morgan fingerprint density at radius 1 is 0.411 bits per heavy atom. The normalized spacial score (nSPS) is 14.3. The molecule has 0 aromatic carbocycles. The van der Waals surface area contributed by atoms with Crippen LogP contribution in [0.15, 0.2) is 158 Å². The lowest BCUT2D eigenvalue weighted by Gasteiger charge is -2.19. The predicted molar refractivity (Wildman–Crippen MR) is 311 cm³/mol. The molecule has 2 unspecified atom stereocenters. The van der Waals surface area contributed by atoms with Crippen LogP contribution in [0.3, 0.4) is 0 Å². The molecule has 2 atom stereocenters. The maximum absolute atomic E-state index is 12.7. The lowest BCUT2D eigenvalue weighted by Crippen LogP contribution is -2.29. The summed E-state index contributed by atoms with van der Waals surface area (Å²) in [5, 5.41) is 0. The number of rotatable bonds is 50. The molecule has 0 spiro atoms.